The Morgan fingerprint density at radius 2 is 1.80 bits per heavy atom. The summed E-state index contributed by atoms with van der Waals surface area (Å²) in [5, 5.41) is 3.67. The van der Waals surface area contributed by atoms with Crippen LogP contribution in [0.25, 0.3) is 0 Å². The number of halogens is 1. The molecule has 0 radical (unpaired) electrons. The number of piperazine rings is 1. The zero-order chi connectivity index (χ0) is 21.4. The van der Waals surface area contributed by atoms with E-state index in [1.165, 1.54) is 23.6 Å². The summed E-state index contributed by atoms with van der Waals surface area (Å²) in [6.07, 6.45) is 4.59. The maximum Gasteiger partial charge on any atom is 0.253 e. The van der Waals surface area contributed by atoms with E-state index in [1.807, 2.05) is 0 Å². The lowest BCUT2D eigenvalue weighted by Gasteiger charge is -2.30. The van der Waals surface area contributed by atoms with Gasteiger partial charge in [0.25, 0.3) is 5.91 Å². The number of piperidine rings is 1. The molecule has 0 spiro atoms. The Balaban J connectivity index is 1.62. The van der Waals surface area contributed by atoms with Gasteiger partial charge in [-0.3, -0.25) is 4.79 Å². The number of nitrogens with one attached hydrogen (secondary N) is 1. The Bertz CT molecular complexity index is 793. The lowest BCUT2D eigenvalue weighted by molar-refractivity contribution is 0.0756. The molecule has 7 nitrogen and oxygen atoms in total. The quantitative estimate of drug-likeness (QED) is 0.614. The molecule has 0 aliphatic carbocycles. The van der Waals surface area contributed by atoms with Gasteiger partial charge in [0.1, 0.15) is 0 Å². The van der Waals surface area contributed by atoms with Crippen molar-refractivity contribution in [1.29, 1.82) is 0 Å². The van der Waals surface area contributed by atoms with Gasteiger partial charge in [-0.25, -0.2) is 8.42 Å². The Morgan fingerprint density at radius 1 is 1.07 bits per heavy atom. The predicted molar refractivity (Wildman–Crippen MR) is 120 cm³/mol. The second-order valence-electron chi connectivity index (χ2n) is 8.02. The van der Waals surface area contributed by atoms with Crippen LogP contribution in [-0.2, 0) is 10.0 Å². The van der Waals surface area contributed by atoms with Gasteiger partial charge in [0, 0.05) is 49.9 Å². The number of carbonyl (C=O) groups excluding carboxylic acids is 1. The second kappa shape index (κ2) is 11.4. The number of carbonyl (C=O) groups is 1. The minimum absolute atomic E-state index is 0.0526. The van der Waals surface area contributed by atoms with Gasteiger partial charge < -0.3 is 15.1 Å². The number of likely N-dealkylation sites (tertiary alicyclic amines) is 1. The van der Waals surface area contributed by atoms with Crippen LogP contribution in [0.5, 0.6) is 0 Å². The number of hydrogen-bond acceptors (Lipinski definition) is 5. The van der Waals surface area contributed by atoms with E-state index in [0.29, 0.717) is 43.3 Å². The Kier molecular flexibility index (Phi) is 8.95. The van der Waals surface area contributed by atoms with Crippen LogP contribution in [0.4, 0.5) is 0 Å². The molecule has 0 bridgehead atoms. The van der Waals surface area contributed by atoms with Crippen molar-refractivity contribution < 1.29 is 13.2 Å². The molecule has 1 aromatic rings. The SMILES string of the molecule is O=C(c1cccc(Cl)c1)N(CCCN1CCCCC1)CCS(=O)(=O)N1CCNCC1. The molecule has 30 heavy (non-hydrogen) atoms. The lowest BCUT2D eigenvalue weighted by Crippen LogP contribution is -2.48. The van der Waals surface area contributed by atoms with E-state index in [-0.39, 0.29) is 18.2 Å². The monoisotopic (exact) mass is 456 g/mol. The van der Waals surface area contributed by atoms with Gasteiger partial charge in [-0.2, -0.15) is 4.31 Å². The molecule has 2 aliphatic heterocycles. The standard InChI is InChI=1S/C21H33ClN4O3S/c22-20-7-4-6-19(18-20)21(27)25(13-5-12-24-10-2-1-3-11-24)16-17-30(28,29)26-14-8-23-9-15-26/h4,6-7,18,23H,1-3,5,8-17H2. The summed E-state index contributed by atoms with van der Waals surface area (Å²) in [6, 6.07) is 6.86. The third-order valence-corrected chi connectivity index (χ3v) is 7.88. The number of benzene rings is 1. The largest absolute Gasteiger partial charge is 0.338 e. The minimum atomic E-state index is -3.38. The number of rotatable bonds is 9. The third-order valence-electron chi connectivity index (χ3n) is 5.80. The number of hydrogen-bond donors (Lipinski definition) is 1. The second-order valence-corrected chi connectivity index (χ2v) is 10.5. The molecule has 2 saturated heterocycles. The van der Waals surface area contributed by atoms with E-state index in [2.05, 4.69) is 10.2 Å². The Morgan fingerprint density at radius 3 is 2.50 bits per heavy atom. The molecule has 1 amide bonds. The Labute approximate surface area is 185 Å². The van der Waals surface area contributed by atoms with Crippen molar-refractivity contribution in [2.45, 2.75) is 25.7 Å². The molecule has 1 N–H and O–H groups in total. The average molecular weight is 457 g/mol. The molecule has 2 fully saturated rings. The highest BCUT2D eigenvalue weighted by molar-refractivity contribution is 7.89. The molecule has 9 heteroatoms. The van der Waals surface area contributed by atoms with Gasteiger partial charge in [-0.15, -0.1) is 0 Å². The van der Waals surface area contributed by atoms with Gasteiger partial charge in [-0.05, 0) is 57.1 Å². The summed E-state index contributed by atoms with van der Waals surface area (Å²) in [5.41, 5.74) is 0.500. The van der Waals surface area contributed by atoms with Crippen LogP contribution < -0.4 is 5.32 Å². The molecule has 2 aliphatic rings. The van der Waals surface area contributed by atoms with Crippen molar-refractivity contribution in [3.05, 3.63) is 34.9 Å². The summed E-state index contributed by atoms with van der Waals surface area (Å²) >= 11 is 6.06. The zero-order valence-corrected chi connectivity index (χ0v) is 19.1. The van der Waals surface area contributed by atoms with E-state index >= 15 is 0 Å². The maximum absolute atomic E-state index is 13.1. The normalized spacial score (nSPS) is 19.0. The van der Waals surface area contributed by atoms with Gasteiger partial charge >= 0.3 is 0 Å². The highest BCUT2D eigenvalue weighted by atomic mass is 35.5. The molecular weight excluding hydrogens is 424 g/mol. The van der Waals surface area contributed by atoms with Gasteiger partial charge in [0.2, 0.25) is 10.0 Å². The third kappa shape index (κ3) is 6.92. The summed E-state index contributed by atoms with van der Waals surface area (Å²) in [5.74, 6) is -0.213. The summed E-state index contributed by atoms with van der Waals surface area (Å²) in [6.45, 7) is 6.19. The molecule has 0 aromatic heterocycles. The molecule has 1 aromatic carbocycles. The van der Waals surface area contributed by atoms with Gasteiger partial charge in [-0.1, -0.05) is 24.1 Å². The van der Waals surface area contributed by atoms with Gasteiger partial charge in [0.05, 0.1) is 5.75 Å². The fourth-order valence-corrected chi connectivity index (χ4v) is 5.70. The van der Waals surface area contributed by atoms with Crippen LogP contribution in [0.15, 0.2) is 24.3 Å². The lowest BCUT2D eigenvalue weighted by atomic mass is 10.1. The van der Waals surface area contributed by atoms with E-state index in [4.69, 9.17) is 11.6 Å². The molecule has 168 valence electrons. The maximum atomic E-state index is 13.1. The Hall–Kier alpha value is -1.19. The van der Waals surface area contributed by atoms with Crippen LogP contribution in [0.1, 0.15) is 36.0 Å². The fraction of sp³-hybridized carbons (Fsp3) is 0.667. The number of sulfonamides is 1. The number of amides is 1. The molecule has 0 atom stereocenters. The molecule has 3 rings (SSSR count). The zero-order valence-electron chi connectivity index (χ0n) is 17.6. The molecule has 0 saturated carbocycles. The first-order valence-corrected chi connectivity index (χ1v) is 12.9. The average Bonchev–Trinajstić information content (AvgIpc) is 2.77. The van der Waals surface area contributed by atoms with Crippen LogP contribution >= 0.6 is 11.6 Å². The predicted octanol–water partition coefficient (Wildman–Crippen LogP) is 1.89. The number of nitrogens with zero attached hydrogens (tertiary/aromatic N) is 3. The van der Waals surface area contributed by atoms with E-state index in [1.54, 1.807) is 29.2 Å². The fourth-order valence-electron chi connectivity index (χ4n) is 4.06. The van der Waals surface area contributed by atoms with Gasteiger partial charge in [0.15, 0.2) is 0 Å². The highest BCUT2D eigenvalue weighted by Gasteiger charge is 2.26. The summed E-state index contributed by atoms with van der Waals surface area (Å²) in [7, 11) is -3.38. The highest BCUT2D eigenvalue weighted by Crippen LogP contribution is 2.15. The van der Waals surface area contributed by atoms with E-state index in [9.17, 15) is 13.2 Å². The molecule has 2 heterocycles. The van der Waals surface area contributed by atoms with Crippen molar-refractivity contribution in [2.24, 2.45) is 0 Å². The van der Waals surface area contributed by atoms with Crippen molar-refractivity contribution in [1.82, 2.24) is 19.4 Å². The van der Waals surface area contributed by atoms with E-state index < -0.39 is 10.0 Å². The van der Waals surface area contributed by atoms with Crippen LogP contribution in [0, 0.1) is 0 Å². The first-order chi connectivity index (χ1) is 14.5. The topological polar surface area (TPSA) is 73.0 Å². The van der Waals surface area contributed by atoms with E-state index in [0.717, 1.165) is 26.1 Å². The van der Waals surface area contributed by atoms with Crippen molar-refractivity contribution in [3.63, 3.8) is 0 Å². The van der Waals surface area contributed by atoms with Crippen LogP contribution in [0.2, 0.25) is 5.02 Å². The van der Waals surface area contributed by atoms with Crippen molar-refractivity contribution in [2.75, 3.05) is 64.7 Å². The first kappa shape index (κ1) is 23.5. The molecular formula is C21H33ClN4O3S. The summed E-state index contributed by atoms with van der Waals surface area (Å²) in [4.78, 5) is 17.2. The first-order valence-electron chi connectivity index (χ1n) is 10.9. The van der Waals surface area contributed by atoms with Crippen LogP contribution in [-0.4, -0.2) is 93.1 Å². The van der Waals surface area contributed by atoms with Crippen molar-refractivity contribution in [3.8, 4) is 0 Å². The van der Waals surface area contributed by atoms with Crippen molar-refractivity contribution >= 4 is 27.5 Å². The smallest absolute Gasteiger partial charge is 0.253 e. The molecule has 0 unspecified atom stereocenters. The minimum Gasteiger partial charge on any atom is -0.338 e. The van der Waals surface area contributed by atoms with Crippen LogP contribution in [0.3, 0.4) is 0 Å². The summed E-state index contributed by atoms with van der Waals surface area (Å²) < 4.78 is 27.0.